The first-order valence-electron chi connectivity index (χ1n) is 12.3. The Morgan fingerprint density at radius 1 is 1.11 bits per heavy atom. The topological polar surface area (TPSA) is 124 Å². The van der Waals surface area contributed by atoms with Crippen molar-refractivity contribution in [3.05, 3.63) is 36.4 Å². The summed E-state index contributed by atoms with van der Waals surface area (Å²) in [5.74, 6) is 1.48. The third kappa shape index (κ3) is 5.25. The fraction of sp³-hybridized carbons (Fsp3) is 0.480. The largest absolute Gasteiger partial charge is 0.489 e. The number of amides is 1. The Morgan fingerprint density at radius 2 is 1.92 bits per heavy atom. The summed E-state index contributed by atoms with van der Waals surface area (Å²) in [4.78, 5) is 31.6. The van der Waals surface area contributed by atoms with Crippen LogP contribution < -0.4 is 25.0 Å². The van der Waals surface area contributed by atoms with E-state index in [1.165, 1.54) is 6.33 Å². The zero-order valence-corrected chi connectivity index (χ0v) is 20.6. The smallest absolute Gasteiger partial charge is 0.269 e. The van der Waals surface area contributed by atoms with Crippen LogP contribution in [0.4, 0.5) is 11.6 Å². The summed E-state index contributed by atoms with van der Waals surface area (Å²) in [7, 11) is 3.19. The highest BCUT2D eigenvalue weighted by atomic mass is 16.5. The lowest BCUT2D eigenvalue weighted by Crippen LogP contribution is -2.36. The molecule has 190 valence electrons. The van der Waals surface area contributed by atoms with Crippen LogP contribution in [0.5, 0.6) is 11.6 Å². The van der Waals surface area contributed by atoms with Crippen LogP contribution in [0.2, 0.25) is 0 Å². The zero-order valence-electron chi connectivity index (χ0n) is 20.6. The van der Waals surface area contributed by atoms with Crippen LogP contribution in [0.25, 0.3) is 10.9 Å². The van der Waals surface area contributed by atoms with E-state index in [-0.39, 0.29) is 18.1 Å². The summed E-state index contributed by atoms with van der Waals surface area (Å²) in [6, 6.07) is 5.94. The fourth-order valence-electron chi connectivity index (χ4n) is 4.73. The molecule has 1 aliphatic heterocycles. The summed E-state index contributed by atoms with van der Waals surface area (Å²) in [6.07, 6.45) is 6.69. The Morgan fingerprint density at radius 3 is 2.67 bits per heavy atom. The van der Waals surface area contributed by atoms with E-state index >= 15 is 0 Å². The molecule has 1 aromatic carbocycles. The molecule has 3 aromatic rings. The van der Waals surface area contributed by atoms with Crippen LogP contribution in [0.1, 0.15) is 36.2 Å². The van der Waals surface area contributed by atoms with Crippen molar-refractivity contribution < 1.29 is 19.0 Å². The van der Waals surface area contributed by atoms with Crippen molar-refractivity contribution in [3.63, 3.8) is 0 Å². The van der Waals surface area contributed by atoms with Gasteiger partial charge in [0.25, 0.3) is 5.91 Å². The number of anilines is 2. The first kappa shape index (κ1) is 24.0. The normalized spacial score (nSPS) is 20.1. The standard InChI is InChI=1S/C25H31N7O4/c1-26-23(33)19-7-8-27-25(31-19)30-16-3-5-18(6-4-16)36-21-14-17(32-9-11-35-12-10-32)13-20-22(21)24(34-2)29-15-28-20/h7-8,13-16,18H,3-6,9-12H2,1-2H3,(H,26,33)(H,27,30,31)/t16-,18+. The molecule has 2 fully saturated rings. The number of carbonyl (C=O) groups is 1. The van der Waals surface area contributed by atoms with Crippen molar-refractivity contribution in [2.24, 2.45) is 0 Å². The molecule has 1 saturated carbocycles. The van der Waals surface area contributed by atoms with Crippen molar-refractivity contribution in [2.45, 2.75) is 37.8 Å². The van der Waals surface area contributed by atoms with E-state index in [2.05, 4.69) is 47.6 Å². The highest BCUT2D eigenvalue weighted by molar-refractivity contribution is 5.93. The SMILES string of the molecule is CNC(=O)c1ccnc(N[C@H]2CC[C@@H](Oc3cc(N4CCOCC4)cc4ncnc(OC)c34)CC2)n1. The summed E-state index contributed by atoms with van der Waals surface area (Å²) in [6.45, 7) is 3.06. The Balaban J connectivity index is 1.30. The maximum Gasteiger partial charge on any atom is 0.269 e. The molecule has 2 aliphatic rings. The van der Waals surface area contributed by atoms with Gasteiger partial charge in [-0.2, -0.15) is 0 Å². The number of hydrogen-bond donors (Lipinski definition) is 2. The molecule has 0 bridgehead atoms. The molecule has 1 aliphatic carbocycles. The van der Waals surface area contributed by atoms with Gasteiger partial charge in [-0.25, -0.2) is 19.9 Å². The molecule has 0 spiro atoms. The van der Waals surface area contributed by atoms with Crippen LogP contribution in [0.3, 0.4) is 0 Å². The van der Waals surface area contributed by atoms with Crippen molar-refractivity contribution in [3.8, 4) is 11.6 Å². The zero-order chi connectivity index (χ0) is 24.9. The number of carbonyl (C=O) groups excluding carboxylic acids is 1. The average molecular weight is 494 g/mol. The van der Waals surface area contributed by atoms with Crippen molar-refractivity contribution in [1.29, 1.82) is 0 Å². The number of methoxy groups -OCH3 is 1. The quantitative estimate of drug-likeness (QED) is 0.507. The minimum absolute atomic E-state index is 0.0502. The van der Waals surface area contributed by atoms with E-state index in [0.717, 1.165) is 61.1 Å². The van der Waals surface area contributed by atoms with Gasteiger partial charge < -0.3 is 29.7 Å². The molecular formula is C25H31N7O4. The van der Waals surface area contributed by atoms with Crippen molar-refractivity contribution in [1.82, 2.24) is 25.3 Å². The number of fused-ring (bicyclic) bond motifs is 1. The predicted octanol–water partition coefficient (Wildman–Crippen LogP) is 2.43. The maximum atomic E-state index is 11.9. The van der Waals surface area contributed by atoms with E-state index in [1.807, 2.05) is 0 Å². The highest BCUT2D eigenvalue weighted by Crippen LogP contribution is 2.38. The molecule has 1 saturated heterocycles. The average Bonchev–Trinajstić information content (AvgIpc) is 2.93. The second-order valence-electron chi connectivity index (χ2n) is 8.90. The van der Waals surface area contributed by atoms with E-state index in [4.69, 9.17) is 14.2 Å². The van der Waals surface area contributed by atoms with Gasteiger partial charge in [0.05, 0.1) is 31.9 Å². The van der Waals surface area contributed by atoms with Gasteiger partial charge in [-0.3, -0.25) is 4.79 Å². The van der Waals surface area contributed by atoms with Gasteiger partial charge >= 0.3 is 0 Å². The Bertz CT molecular complexity index is 1210. The molecule has 0 atom stereocenters. The van der Waals surface area contributed by atoms with Gasteiger partial charge in [0.15, 0.2) is 0 Å². The Labute approximate surface area is 209 Å². The molecule has 0 radical (unpaired) electrons. The predicted molar refractivity (Wildman–Crippen MR) is 135 cm³/mol. The molecule has 36 heavy (non-hydrogen) atoms. The molecule has 1 amide bonds. The molecule has 0 unspecified atom stereocenters. The number of ether oxygens (including phenoxy) is 3. The number of benzene rings is 1. The number of hydrogen-bond acceptors (Lipinski definition) is 10. The molecule has 5 rings (SSSR count). The first-order valence-corrected chi connectivity index (χ1v) is 12.3. The number of nitrogens with one attached hydrogen (secondary N) is 2. The van der Waals surface area contributed by atoms with Gasteiger partial charge in [-0.05, 0) is 37.8 Å². The van der Waals surface area contributed by atoms with Gasteiger partial charge in [-0.1, -0.05) is 0 Å². The summed E-state index contributed by atoms with van der Waals surface area (Å²) in [5.41, 5.74) is 2.20. The van der Waals surface area contributed by atoms with E-state index in [9.17, 15) is 4.79 Å². The summed E-state index contributed by atoms with van der Waals surface area (Å²) >= 11 is 0. The van der Waals surface area contributed by atoms with E-state index in [1.54, 1.807) is 26.4 Å². The van der Waals surface area contributed by atoms with E-state index < -0.39 is 0 Å². The van der Waals surface area contributed by atoms with Crippen LogP contribution in [0, 0.1) is 0 Å². The molecule has 2 N–H and O–H groups in total. The first-order chi connectivity index (χ1) is 17.6. The second-order valence-corrected chi connectivity index (χ2v) is 8.90. The second kappa shape index (κ2) is 10.9. The monoisotopic (exact) mass is 493 g/mol. The molecular weight excluding hydrogens is 462 g/mol. The lowest BCUT2D eigenvalue weighted by atomic mass is 9.93. The van der Waals surface area contributed by atoms with Crippen LogP contribution >= 0.6 is 0 Å². The third-order valence-corrected chi connectivity index (χ3v) is 6.64. The molecule has 11 nitrogen and oxygen atoms in total. The number of nitrogens with zero attached hydrogens (tertiary/aromatic N) is 5. The van der Waals surface area contributed by atoms with Gasteiger partial charge in [-0.15, -0.1) is 0 Å². The Kier molecular flexibility index (Phi) is 7.26. The van der Waals surface area contributed by atoms with E-state index in [0.29, 0.717) is 30.7 Å². The lowest BCUT2D eigenvalue weighted by molar-refractivity contribution is 0.0958. The van der Waals surface area contributed by atoms with Crippen LogP contribution in [0.15, 0.2) is 30.7 Å². The van der Waals surface area contributed by atoms with Crippen LogP contribution in [-0.4, -0.2) is 78.4 Å². The van der Waals surface area contributed by atoms with Gasteiger partial charge in [0.2, 0.25) is 11.8 Å². The fourth-order valence-corrected chi connectivity index (χ4v) is 4.73. The number of morpholine rings is 1. The third-order valence-electron chi connectivity index (χ3n) is 6.64. The van der Waals surface area contributed by atoms with Gasteiger partial charge in [0, 0.05) is 44.1 Å². The molecule has 3 heterocycles. The lowest BCUT2D eigenvalue weighted by Gasteiger charge is -2.31. The minimum atomic E-state index is -0.233. The maximum absolute atomic E-state index is 11.9. The highest BCUT2D eigenvalue weighted by Gasteiger charge is 2.25. The summed E-state index contributed by atoms with van der Waals surface area (Å²) in [5, 5.41) is 6.74. The van der Waals surface area contributed by atoms with Crippen LogP contribution in [-0.2, 0) is 4.74 Å². The van der Waals surface area contributed by atoms with Crippen molar-refractivity contribution in [2.75, 3.05) is 50.7 Å². The Hall–Kier alpha value is -3.73. The number of rotatable bonds is 7. The number of aromatic nitrogens is 4. The minimum Gasteiger partial charge on any atom is -0.489 e. The summed E-state index contributed by atoms with van der Waals surface area (Å²) < 4.78 is 17.6. The molecule has 2 aromatic heterocycles. The van der Waals surface area contributed by atoms with Gasteiger partial charge in [0.1, 0.15) is 23.2 Å². The molecule has 11 heteroatoms. The van der Waals surface area contributed by atoms with Crippen molar-refractivity contribution >= 4 is 28.4 Å².